The average molecular weight is 377 g/mol. The molecule has 5 nitrogen and oxygen atoms in total. The highest BCUT2D eigenvalue weighted by atomic mass is 16.5. The van der Waals surface area contributed by atoms with E-state index in [0.717, 1.165) is 29.2 Å². The quantitative estimate of drug-likeness (QED) is 0.573. The van der Waals surface area contributed by atoms with Crippen LogP contribution < -0.4 is 10.1 Å². The summed E-state index contributed by atoms with van der Waals surface area (Å²) in [5, 5.41) is 7.65. The van der Waals surface area contributed by atoms with Gasteiger partial charge in [-0.1, -0.05) is 48.5 Å². The number of rotatable bonds is 9. The number of aromatic nitrogens is 2. The van der Waals surface area contributed by atoms with E-state index in [1.807, 2.05) is 60.1 Å². The molecular formula is C23H27N3O2. The minimum absolute atomic E-state index is 0.0336. The van der Waals surface area contributed by atoms with Crippen LogP contribution >= 0.6 is 0 Å². The third kappa shape index (κ3) is 5.46. The van der Waals surface area contributed by atoms with Crippen LogP contribution in [0.15, 0.2) is 60.7 Å². The molecule has 28 heavy (non-hydrogen) atoms. The van der Waals surface area contributed by atoms with Gasteiger partial charge in [0.05, 0.1) is 18.8 Å². The lowest BCUT2D eigenvalue weighted by molar-refractivity contribution is -0.121. The van der Waals surface area contributed by atoms with Gasteiger partial charge in [0.1, 0.15) is 5.75 Å². The van der Waals surface area contributed by atoms with Crippen LogP contribution in [-0.2, 0) is 17.9 Å². The Balaban J connectivity index is 1.45. The Morgan fingerprint density at radius 3 is 2.43 bits per heavy atom. The van der Waals surface area contributed by atoms with Gasteiger partial charge >= 0.3 is 0 Å². The van der Waals surface area contributed by atoms with Gasteiger partial charge in [0.25, 0.3) is 0 Å². The summed E-state index contributed by atoms with van der Waals surface area (Å²) in [6.07, 6.45) is 1.13. The molecule has 0 spiro atoms. The van der Waals surface area contributed by atoms with Gasteiger partial charge in [0.15, 0.2) is 0 Å². The van der Waals surface area contributed by atoms with E-state index in [1.54, 1.807) is 0 Å². The number of aryl methyl sites for hydroxylation is 1. The smallest absolute Gasteiger partial charge is 0.220 e. The Morgan fingerprint density at radius 2 is 1.71 bits per heavy atom. The van der Waals surface area contributed by atoms with Gasteiger partial charge in [-0.2, -0.15) is 5.10 Å². The molecule has 0 saturated heterocycles. The summed E-state index contributed by atoms with van der Waals surface area (Å²) in [4.78, 5) is 12.2. The van der Waals surface area contributed by atoms with Gasteiger partial charge < -0.3 is 10.1 Å². The van der Waals surface area contributed by atoms with Crippen LogP contribution in [0.4, 0.5) is 0 Å². The lowest BCUT2D eigenvalue weighted by Crippen LogP contribution is -2.23. The maximum atomic E-state index is 12.2. The number of carbonyl (C=O) groups excluding carboxylic acids is 1. The average Bonchev–Trinajstić information content (AvgIpc) is 2.98. The van der Waals surface area contributed by atoms with E-state index in [4.69, 9.17) is 4.74 Å². The molecule has 0 radical (unpaired) electrons. The number of nitrogens with one attached hydrogen (secondary N) is 1. The van der Waals surface area contributed by atoms with Crippen LogP contribution in [-0.4, -0.2) is 22.3 Å². The fourth-order valence-electron chi connectivity index (χ4n) is 3.11. The van der Waals surface area contributed by atoms with Gasteiger partial charge in [0.2, 0.25) is 5.91 Å². The number of amides is 1. The number of hydrogen-bond acceptors (Lipinski definition) is 3. The molecule has 1 heterocycles. The summed E-state index contributed by atoms with van der Waals surface area (Å²) in [5.74, 6) is 0.867. The molecule has 1 N–H and O–H groups in total. The Kier molecular flexibility index (Phi) is 6.84. The second-order valence-electron chi connectivity index (χ2n) is 6.83. The van der Waals surface area contributed by atoms with Crippen LogP contribution in [0.3, 0.4) is 0 Å². The molecule has 0 aliphatic rings. The zero-order valence-corrected chi connectivity index (χ0v) is 16.5. The number of carbonyl (C=O) groups is 1. The minimum atomic E-state index is 0.0336. The first kappa shape index (κ1) is 19.7. The molecule has 0 atom stereocenters. The summed E-state index contributed by atoms with van der Waals surface area (Å²) >= 11 is 0. The number of ether oxygens (including phenoxy) is 1. The van der Waals surface area contributed by atoms with Crippen molar-refractivity contribution in [3.8, 4) is 5.75 Å². The van der Waals surface area contributed by atoms with Crippen LogP contribution in [0.2, 0.25) is 0 Å². The summed E-state index contributed by atoms with van der Waals surface area (Å²) < 4.78 is 7.62. The maximum absolute atomic E-state index is 12.2. The number of nitrogens with zero attached hydrogens (tertiary/aromatic N) is 2. The Morgan fingerprint density at radius 1 is 1.04 bits per heavy atom. The number of benzene rings is 2. The maximum Gasteiger partial charge on any atom is 0.220 e. The van der Waals surface area contributed by atoms with Crippen molar-refractivity contribution in [2.45, 2.75) is 39.8 Å². The standard InChI is InChI=1S/C23H27N3O2/c1-18-22(19(2)26(25-18)17-20-10-5-3-6-11-20)16-24-23(27)14-9-15-28-21-12-7-4-8-13-21/h3-8,10-13H,9,14-17H2,1-2H3,(H,24,27). The zero-order chi connectivity index (χ0) is 19.8. The van der Waals surface area contributed by atoms with E-state index in [0.29, 0.717) is 26.0 Å². The van der Waals surface area contributed by atoms with E-state index in [1.165, 1.54) is 5.56 Å². The first-order valence-corrected chi connectivity index (χ1v) is 9.65. The molecule has 5 heteroatoms. The molecule has 0 aliphatic carbocycles. The van der Waals surface area contributed by atoms with Crippen molar-refractivity contribution >= 4 is 5.91 Å². The fourth-order valence-corrected chi connectivity index (χ4v) is 3.11. The fraction of sp³-hybridized carbons (Fsp3) is 0.304. The highest BCUT2D eigenvalue weighted by Crippen LogP contribution is 2.15. The van der Waals surface area contributed by atoms with Crippen LogP contribution in [0.1, 0.15) is 35.4 Å². The SMILES string of the molecule is Cc1nn(Cc2ccccc2)c(C)c1CNC(=O)CCCOc1ccccc1. The molecule has 146 valence electrons. The van der Waals surface area contributed by atoms with Gasteiger partial charge in [-0.25, -0.2) is 0 Å². The van der Waals surface area contributed by atoms with E-state index >= 15 is 0 Å². The number of hydrogen-bond donors (Lipinski definition) is 1. The molecular weight excluding hydrogens is 350 g/mol. The van der Waals surface area contributed by atoms with E-state index in [9.17, 15) is 4.79 Å². The number of para-hydroxylation sites is 1. The Bertz CT molecular complexity index is 889. The predicted octanol–water partition coefficient (Wildman–Crippen LogP) is 4.02. The molecule has 2 aromatic carbocycles. The second-order valence-corrected chi connectivity index (χ2v) is 6.83. The third-order valence-electron chi connectivity index (χ3n) is 4.73. The highest BCUT2D eigenvalue weighted by molar-refractivity contribution is 5.75. The molecule has 3 aromatic rings. The zero-order valence-electron chi connectivity index (χ0n) is 16.5. The summed E-state index contributed by atoms with van der Waals surface area (Å²) in [5.41, 5.74) is 4.35. The van der Waals surface area contributed by atoms with Gasteiger partial charge in [-0.15, -0.1) is 0 Å². The lowest BCUT2D eigenvalue weighted by atomic mass is 10.2. The van der Waals surface area contributed by atoms with E-state index in [-0.39, 0.29) is 5.91 Å². The molecule has 0 bridgehead atoms. The molecule has 0 saturated carbocycles. The molecule has 3 rings (SSSR count). The summed E-state index contributed by atoms with van der Waals surface area (Å²) in [6, 6.07) is 19.9. The van der Waals surface area contributed by atoms with Crippen molar-refractivity contribution in [2.24, 2.45) is 0 Å². The van der Waals surface area contributed by atoms with Gasteiger partial charge in [-0.05, 0) is 38.0 Å². The normalized spacial score (nSPS) is 10.6. The topological polar surface area (TPSA) is 56.2 Å². The molecule has 0 unspecified atom stereocenters. The van der Waals surface area contributed by atoms with E-state index < -0.39 is 0 Å². The largest absolute Gasteiger partial charge is 0.494 e. The monoisotopic (exact) mass is 377 g/mol. The second kappa shape index (κ2) is 9.74. The van der Waals surface area contributed by atoms with Crippen molar-refractivity contribution < 1.29 is 9.53 Å². The Hall–Kier alpha value is -3.08. The van der Waals surface area contributed by atoms with Crippen molar-refractivity contribution in [2.75, 3.05) is 6.61 Å². The molecule has 1 amide bonds. The predicted molar refractivity (Wildman–Crippen MR) is 110 cm³/mol. The van der Waals surface area contributed by atoms with Crippen molar-refractivity contribution in [1.82, 2.24) is 15.1 Å². The summed E-state index contributed by atoms with van der Waals surface area (Å²) in [7, 11) is 0. The Labute approximate surface area is 166 Å². The molecule has 0 aliphatic heterocycles. The molecule has 0 fully saturated rings. The van der Waals surface area contributed by atoms with Crippen LogP contribution in [0.5, 0.6) is 5.75 Å². The molecule has 1 aromatic heterocycles. The minimum Gasteiger partial charge on any atom is -0.494 e. The van der Waals surface area contributed by atoms with Crippen LogP contribution in [0, 0.1) is 13.8 Å². The van der Waals surface area contributed by atoms with E-state index in [2.05, 4.69) is 29.5 Å². The lowest BCUT2D eigenvalue weighted by Gasteiger charge is -2.08. The van der Waals surface area contributed by atoms with Gasteiger partial charge in [0, 0.05) is 24.2 Å². The first-order chi connectivity index (χ1) is 13.6. The van der Waals surface area contributed by atoms with Crippen molar-refractivity contribution in [3.63, 3.8) is 0 Å². The van der Waals surface area contributed by atoms with Crippen LogP contribution in [0.25, 0.3) is 0 Å². The highest BCUT2D eigenvalue weighted by Gasteiger charge is 2.13. The summed E-state index contributed by atoms with van der Waals surface area (Å²) in [6.45, 7) is 5.81. The third-order valence-corrected chi connectivity index (χ3v) is 4.73. The van der Waals surface area contributed by atoms with Crippen molar-refractivity contribution in [3.05, 3.63) is 83.2 Å². The first-order valence-electron chi connectivity index (χ1n) is 9.65. The van der Waals surface area contributed by atoms with Gasteiger partial charge in [-0.3, -0.25) is 9.48 Å². The van der Waals surface area contributed by atoms with Crippen molar-refractivity contribution in [1.29, 1.82) is 0 Å².